The van der Waals surface area contributed by atoms with Crippen LogP contribution >= 0.6 is 0 Å². The van der Waals surface area contributed by atoms with E-state index in [0.717, 1.165) is 18.4 Å². The zero-order chi connectivity index (χ0) is 20.8. The number of nitrogens with zero attached hydrogens (tertiary/aromatic N) is 1. The number of anilines is 1. The minimum Gasteiger partial charge on any atom is -0.449 e. The summed E-state index contributed by atoms with van der Waals surface area (Å²) in [5.74, 6) is -1.20. The largest absolute Gasteiger partial charge is 0.449 e. The summed E-state index contributed by atoms with van der Waals surface area (Å²) in [4.78, 5) is 35.3. The Morgan fingerprint density at radius 3 is 2.59 bits per heavy atom. The summed E-state index contributed by atoms with van der Waals surface area (Å²) in [6.45, 7) is 1.88. The molecule has 1 amide bonds. The molecular weight excluding hydrogens is 374 g/mol. The molecule has 152 valence electrons. The number of nitro benzene ring substituents is 1. The highest BCUT2D eigenvalue weighted by molar-refractivity contribution is 5.93. The van der Waals surface area contributed by atoms with Gasteiger partial charge < -0.3 is 15.4 Å². The Balaban J connectivity index is 1.54. The lowest BCUT2D eigenvalue weighted by Crippen LogP contribution is -2.36. The molecule has 1 fully saturated rings. The van der Waals surface area contributed by atoms with E-state index in [9.17, 15) is 19.7 Å². The van der Waals surface area contributed by atoms with Gasteiger partial charge >= 0.3 is 5.97 Å². The van der Waals surface area contributed by atoms with Gasteiger partial charge in [-0.1, -0.05) is 30.3 Å². The van der Waals surface area contributed by atoms with Crippen LogP contribution in [0.2, 0.25) is 0 Å². The molecule has 8 heteroatoms. The van der Waals surface area contributed by atoms with Crippen molar-refractivity contribution in [3.63, 3.8) is 0 Å². The van der Waals surface area contributed by atoms with Crippen molar-refractivity contribution in [3.8, 4) is 0 Å². The number of amides is 1. The first kappa shape index (κ1) is 20.3. The molecule has 0 bridgehead atoms. The quantitative estimate of drug-likeness (QED) is 0.382. The van der Waals surface area contributed by atoms with Gasteiger partial charge in [0, 0.05) is 18.7 Å². The van der Waals surface area contributed by atoms with Crippen LogP contribution in [0.25, 0.3) is 0 Å². The molecule has 0 unspecified atom stereocenters. The summed E-state index contributed by atoms with van der Waals surface area (Å²) in [5.41, 5.74) is 1.30. The summed E-state index contributed by atoms with van der Waals surface area (Å²) in [7, 11) is 0. The smallest absolute Gasteiger partial charge is 0.339 e. The number of benzene rings is 2. The second-order valence-corrected chi connectivity index (χ2v) is 6.98. The van der Waals surface area contributed by atoms with Gasteiger partial charge in [-0.15, -0.1) is 0 Å². The summed E-state index contributed by atoms with van der Waals surface area (Å²) in [6.07, 6.45) is 1.59. The minimum absolute atomic E-state index is 0.0296. The zero-order valence-electron chi connectivity index (χ0n) is 16.1. The third-order valence-electron chi connectivity index (χ3n) is 4.58. The average molecular weight is 397 g/mol. The minimum atomic E-state index is -1.01. The van der Waals surface area contributed by atoms with Gasteiger partial charge in [-0.2, -0.15) is 0 Å². The average Bonchev–Trinajstić information content (AvgIpc) is 3.52. The van der Waals surface area contributed by atoms with E-state index in [2.05, 4.69) is 10.6 Å². The van der Waals surface area contributed by atoms with Crippen LogP contribution in [0.5, 0.6) is 0 Å². The maximum atomic E-state index is 12.3. The topological polar surface area (TPSA) is 111 Å². The molecule has 29 heavy (non-hydrogen) atoms. The van der Waals surface area contributed by atoms with Crippen molar-refractivity contribution < 1.29 is 19.2 Å². The van der Waals surface area contributed by atoms with Crippen LogP contribution in [0, 0.1) is 10.1 Å². The third kappa shape index (κ3) is 5.78. The van der Waals surface area contributed by atoms with E-state index in [-0.39, 0.29) is 17.3 Å². The van der Waals surface area contributed by atoms with Crippen LogP contribution in [-0.2, 0) is 16.0 Å². The fourth-order valence-corrected chi connectivity index (χ4v) is 2.78. The number of carbonyl (C=O) groups excluding carboxylic acids is 2. The van der Waals surface area contributed by atoms with Crippen molar-refractivity contribution in [2.45, 2.75) is 38.3 Å². The first-order valence-electron chi connectivity index (χ1n) is 9.51. The Bertz CT molecular complexity index is 896. The molecule has 2 aromatic carbocycles. The Kier molecular flexibility index (Phi) is 6.43. The first-order valence-corrected chi connectivity index (χ1v) is 9.51. The Morgan fingerprint density at radius 1 is 1.21 bits per heavy atom. The third-order valence-corrected chi connectivity index (χ3v) is 4.58. The van der Waals surface area contributed by atoms with E-state index in [1.165, 1.54) is 25.1 Å². The highest BCUT2D eigenvalue weighted by atomic mass is 16.6. The predicted octanol–water partition coefficient (Wildman–Crippen LogP) is 3.07. The van der Waals surface area contributed by atoms with Gasteiger partial charge in [-0.25, -0.2) is 4.79 Å². The van der Waals surface area contributed by atoms with E-state index in [1.807, 2.05) is 30.3 Å². The molecule has 0 aliphatic heterocycles. The number of hydrogen-bond acceptors (Lipinski definition) is 6. The molecule has 3 rings (SSSR count). The Labute approximate surface area is 168 Å². The fourth-order valence-electron chi connectivity index (χ4n) is 2.78. The molecule has 0 spiro atoms. The second-order valence-electron chi connectivity index (χ2n) is 6.98. The van der Waals surface area contributed by atoms with Gasteiger partial charge in [0.1, 0.15) is 5.69 Å². The lowest BCUT2D eigenvalue weighted by molar-refractivity contribution is -0.384. The van der Waals surface area contributed by atoms with Crippen molar-refractivity contribution in [1.29, 1.82) is 0 Å². The molecule has 2 aromatic rings. The highest BCUT2D eigenvalue weighted by Crippen LogP contribution is 2.31. The Morgan fingerprint density at radius 2 is 1.93 bits per heavy atom. The van der Waals surface area contributed by atoms with Crippen LogP contribution in [0.15, 0.2) is 48.5 Å². The number of esters is 1. The van der Waals surface area contributed by atoms with Crippen molar-refractivity contribution in [3.05, 3.63) is 69.8 Å². The highest BCUT2D eigenvalue weighted by Gasteiger charge is 2.26. The molecule has 2 N–H and O–H groups in total. The molecular formula is C21H23N3O5. The van der Waals surface area contributed by atoms with Crippen LogP contribution in [0.4, 0.5) is 11.4 Å². The monoisotopic (exact) mass is 397 g/mol. The molecule has 0 aromatic heterocycles. The maximum absolute atomic E-state index is 12.3. The summed E-state index contributed by atoms with van der Waals surface area (Å²) >= 11 is 0. The predicted molar refractivity (Wildman–Crippen MR) is 108 cm³/mol. The number of ether oxygens (including phenoxy) is 1. The summed E-state index contributed by atoms with van der Waals surface area (Å²) in [5, 5.41) is 17.1. The van der Waals surface area contributed by atoms with Gasteiger partial charge in [0.25, 0.3) is 11.6 Å². The van der Waals surface area contributed by atoms with Crippen molar-refractivity contribution in [2.75, 3.05) is 11.9 Å². The van der Waals surface area contributed by atoms with Crippen molar-refractivity contribution in [2.24, 2.45) is 0 Å². The van der Waals surface area contributed by atoms with E-state index in [4.69, 9.17) is 4.74 Å². The lowest BCUT2D eigenvalue weighted by Gasteiger charge is -2.14. The van der Waals surface area contributed by atoms with Crippen molar-refractivity contribution >= 4 is 23.3 Å². The van der Waals surface area contributed by atoms with Gasteiger partial charge in [0.2, 0.25) is 0 Å². The van der Waals surface area contributed by atoms with Crippen LogP contribution in [-0.4, -0.2) is 35.5 Å². The first-order chi connectivity index (χ1) is 13.9. The molecule has 1 aliphatic carbocycles. The second kappa shape index (κ2) is 9.18. The molecule has 1 aliphatic rings. The normalized spacial score (nSPS) is 14.0. The van der Waals surface area contributed by atoms with Gasteiger partial charge in [-0.3, -0.25) is 14.9 Å². The number of nitrogens with one attached hydrogen (secondary N) is 2. The van der Waals surface area contributed by atoms with Crippen LogP contribution in [0.1, 0.15) is 35.7 Å². The van der Waals surface area contributed by atoms with Crippen LogP contribution in [0.3, 0.4) is 0 Å². The van der Waals surface area contributed by atoms with Crippen molar-refractivity contribution in [1.82, 2.24) is 5.32 Å². The van der Waals surface area contributed by atoms with E-state index < -0.39 is 22.9 Å². The Hall–Kier alpha value is -3.42. The van der Waals surface area contributed by atoms with Gasteiger partial charge in [0.15, 0.2) is 6.10 Å². The van der Waals surface area contributed by atoms with E-state index in [1.54, 1.807) is 0 Å². The number of rotatable bonds is 9. The van der Waals surface area contributed by atoms with Crippen LogP contribution < -0.4 is 10.6 Å². The summed E-state index contributed by atoms with van der Waals surface area (Å²) < 4.78 is 5.18. The molecule has 0 heterocycles. The molecule has 0 saturated heterocycles. The lowest BCUT2D eigenvalue weighted by atomic mass is 10.1. The SMILES string of the molecule is C[C@@H](OC(=O)c1ccc(NC2CC2)c([N+](=O)[O-])c1)C(=O)NCCc1ccccc1. The number of nitro groups is 1. The number of hydrogen-bond donors (Lipinski definition) is 2. The van der Waals surface area contributed by atoms with Gasteiger partial charge in [0.05, 0.1) is 10.5 Å². The molecule has 1 saturated carbocycles. The summed E-state index contributed by atoms with van der Waals surface area (Å²) in [6, 6.07) is 14.1. The number of carbonyl (C=O) groups is 2. The van der Waals surface area contributed by atoms with E-state index >= 15 is 0 Å². The van der Waals surface area contributed by atoms with E-state index in [0.29, 0.717) is 18.7 Å². The zero-order valence-corrected chi connectivity index (χ0v) is 16.1. The molecule has 1 atom stereocenters. The standard InChI is InChI=1S/C21H23N3O5/c1-14(20(25)22-12-11-15-5-3-2-4-6-15)29-21(26)16-7-10-18(23-17-8-9-17)19(13-16)24(27)28/h2-7,10,13-14,17,23H,8-9,11-12H2,1H3,(H,22,25)/t14-/m1/s1. The fraction of sp³-hybridized carbons (Fsp3) is 0.333. The van der Waals surface area contributed by atoms with Gasteiger partial charge in [-0.05, 0) is 43.9 Å². The molecule has 8 nitrogen and oxygen atoms in total. The maximum Gasteiger partial charge on any atom is 0.339 e. The molecule has 0 radical (unpaired) electrons.